The fourth-order valence-corrected chi connectivity index (χ4v) is 2.85. The van der Waals surface area contributed by atoms with Gasteiger partial charge in [0.1, 0.15) is 0 Å². The molecule has 0 aliphatic carbocycles. The Labute approximate surface area is 147 Å². The zero-order valence-corrected chi connectivity index (χ0v) is 14.8. The number of para-hydroxylation sites is 1. The highest BCUT2D eigenvalue weighted by atomic mass is 16.1. The Balaban J connectivity index is 2.13. The Kier molecular flexibility index (Phi) is 4.93. The van der Waals surface area contributed by atoms with Gasteiger partial charge in [0.2, 0.25) is 0 Å². The Hall–Kier alpha value is -2.95. The first-order valence-electron chi connectivity index (χ1n) is 8.48. The molecule has 3 aromatic rings. The maximum absolute atomic E-state index is 13.0. The van der Waals surface area contributed by atoms with Crippen molar-refractivity contribution in [3.8, 4) is 5.69 Å². The van der Waals surface area contributed by atoms with Crippen molar-refractivity contribution in [3.63, 3.8) is 0 Å². The largest absolute Gasteiger partial charge is 0.294 e. The van der Waals surface area contributed by atoms with E-state index in [1.165, 1.54) is 0 Å². The minimum atomic E-state index is -0.0792. The van der Waals surface area contributed by atoms with Crippen LogP contribution in [0.4, 0.5) is 5.82 Å². The van der Waals surface area contributed by atoms with Crippen LogP contribution in [0.15, 0.2) is 58.4 Å². The first-order chi connectivity index (χ1) is 12.1. The quantitative estimate of drug-likeness (QED) is 0.718. The molecular weight excluding hydrogens is 312 g/mol. The summed E-state index contributed by atoms with van der Waals surface area (Å²) in [7, 11) is 0. The topological polar surface area (TPSA) is 63.0 Å². The van der Waals surface area contributed by atoms with Gasteiger partial charge in [0, 0.05) is 11.9 Å². The number of H-pyrrole nitrogens is 1. The number of aryl methyl sites for hydroxylation is 2. The summed E-state index contributed by atoms with van der Waals surface area (Å²) in [5.74, 6) is 0.648. The van der Waals surface area contributed by atoms with E-state index >= 15 is 0 Å². The Morgan fingerprint density at radius 3 is 2.64 bits per heavy atom. The van der Waals surface area contributed by atoms with Crippen LogP contribution in [-0.4, -0.2) is 20.5 Å². The van der Waals surface area contributed by atoms with Gasteiger partial charge in [-0.2, -0.15) is 0 Å². The molecule has 0 spiro atoms. The van der Waals surface area contributed by atoms with Crippen LogP contribution in [0.3, 0.4) is 0 Å². The van der Waals surface area contributed by atoms with E-state index < -0.39 is 0 Å². The second-order valence-electron chi connectivity index (χ2n) is 6.03. The third kappa shape index (κ3) is 3.45. The van der Waals surface area contributed by atoms with Crippen LogP contribution in [0.25, 0.3) is 5.69 Å². The van der Waals surface area contributed by atoms with Gasteiger partial charge in [-0.15, -0.1) is 0 Å². The number of hydrogen-bond donors (Lipinski definition) is 1. The third-order valence-electron chi connectivity index (χ3n) is 4.10. The summed E-state index contributed by atoms with van der Waals surface area (Å²) in [6, 6.07) is 13.4. The van der Waals surface area contributed by atoms with Gasteiger partial charge in [-0.25, -0.2) is 14.7 Å². The average molecular weight is 334 g/mol. The first kappa shape index (κ1) is 16.9. The molecule has 5 nitrogen and oxygen atoms in total. The van der Waals surface area contributed by atoms with Crippen molar-refractivity contribution < 1.29 is 0 Å². The van der Waals surface area contributed by atoms with Gasteiger partial charge in [-0.05, 0) is 44.0 Å². The standard InChI is InChI=1S/C20H22N4O/c1-4-9-17-18(15(3)22-19-14(2)10-8-13-21-19)20(25)24(23-17)16-11-6-5-7-12-16/h5-8,10-13,23H,4,9H2,1-3H3/b22-15+. The number of hydrogen-bond acceptors (Lipinski definition) is 3. The average Bonchev–Trinajstić information content (AvgIpc) is 2.94. The number of nitrogens with one attached hydrogen (secondary N) is 1. The van der Waals surface area contributed by atoms with Crippen molar-refractivity contribution in [1.29, 1.82) is 0 Å². The summed E-state index contributed by atoms with van der Waals surface area (Å²) < 4.78 is 1.59. The molecule has 1 N–H and O–H groups in total. The van der Waals surface area contributed by atoms with Crippen molar-refractivity contribution in [2.75, 3.05) is 0 Å². The highest BCUT2D eigenvalue weighted by Crippen LogP contribution is 2.17. The number of aromatic amines is 1. The summed E-state index contributed by atoms with van der Waals surface area (Å²) in [5, 5.41) is 3.25. The van der Waals surface area contributed by atoms with Crippen molar-refractivity contribution >= 4 is 11.5 Å². The lowest BCUT2D eigenvalue weighted by atomic mass is 10.1. The van der Waals surface area contributed by atoms with Crippen LogP contribution < -0.4 is 5.56 Å². The smallest absolute Gasteiger partial charge is 0.280 e. The summed E-state index contributed by atoms with van der Waals surface area (Å²) in [6.45, 7) is 5.93. The second-order valence-corrected chi connectivity index (χ2v) is 6.03. The number of nitrogens with zero attached hydrogens (tertiary/aromatic N) is 3. The molecule has 5 heteroatoms. The van der Waals surface area contributed by atoms with Gasteiger partial charge >= 0.3 is 0 Å². The summed E-state index contributed by atoms with van der Waals surface area (Å²) in [5.41, 5.74) is 3.95. The van der Waals surface area contributed by atoms with Gasteiger partial charge < -0.3 is 0 Å². The van der Waals surface area contributed by atoms with Crippen LogP contribution in [0.1, 0.15) is 37.1 Å². The fourth-order valence-electron chi connectivity index (χ4n) is 2.85. The highest BCUT2D eigenvalue weighted by Gasteiger charge is 2.17. The van der Waals surface area contributed by atoms with Crippen molar-refractivity contribution in [1.82, 2.24) is 14.8 Å². The maximum atomic E-state index is 13.0. The molecule has 2 heterocycles. The number of aromatic nitrogens is 3. The molecule has 0 bridgehead atoms. The molecular formula is C20H22N4O. The molecule has 2 aromatic heterocycles. The lowest BCUT2D eigenvalue weighted by Gasteiger charge is -2.02. The molecule has 0 atom stereocenters. The van der Waals surface area contributed by atoms with Crippen LogP contribution in [0, 0.1) is 6.92 Å². The summed E-state index contributed by atoms with van der Waals surface area (Å²) >= 11 is 0. The monoisotopic (exact) mass is 334 g/mol. The molecule has 128 valence electrons. The molecule has 0 amide bonds. The summed E-state index contributed by atoms with van der Waals surface area (Å²) in [4.78, 5) is 21.9. The number of benzene rings is 1. The zero-order chi connectivity index (χ0) is 17.8. The van der Waals surface area contributed by atoms with E-state index in [2.05, 4.69) is 22.0 Å². The molecule has 25 heavy (non-hydrogen) atoms. The molecule has 3 rings (SSSR count). The van der Waals surface area contributed by atoms with Crippen molar-refractivity contribution in [2.45, 2.75) is 33.6 Å². The molecule has 0 saturated heterocycles. The maximum Gasteiger partial charge on any atom is 0.280 e. The van der Waals surface area contributed by atoms with Crippen LogP contribution in [0.2, 0.25) is 0 Å². The predicted molar refractivity (Wildman–Crippen MR) is 101 cm³/mol. The Morgan fingerprint density at radius 1 is 1.20 bits per heavy atom. The van der Waals surface area contributed by atoms with Crippen LogP contribution >= 0.6 is 0 Å². The summed E-state index contributed by atoms with van der Waals surface area (Å²) in [6.07, 6.45) is 3.45. The molecule has 1 aromatic carbocycles. The fraction of sp³-hybridized carbons (Fsp3) is 0.250. The van der Waals surface area contributed by atoms with Crippen LogP contribution in [-0.2, 0) is 6.42 Å². The van der Waals surface area contributed by atoms with E-state index in [0.29, 0.717) is 17.1 Å². The van der Waals surface area contributed by atoms with Gasteiger partial charge in [0.05, 0.1) is 17.0 Å². The minimum Gasteiger partial charge on any atom is -0.294 e. The number of pyridine rings is 1. The third-order valence-corrected chi connectivity index (χ3v) is 4.10. The van der Waals surface area contributed by atoms with Gasteiger partial charge in [-0.3, -0.25) is 9.89 Å². The van der Waals surface area contributed by atoms with Gasteiger partial charge in [-0.1, -0.05) is 37.6 Å². The Bertz CT molecular complexity index is 951. The predicted octanol–water partition coefficient (Wildman–Crippen LogP) is 3.96. The van der Waals surface area contributed by atoms with E-state index in [9.17, 15) is 4.79 Å². The first-order valence-corrected chi connectivity index (χ1v) is 8.48. The Morgan fingerprint density at radius 2 is 1.96 bits per heavy atom. The van der Waals surface area contributed by atoms with E-state index in [-0.39, 0.29) is 5.56 Å². The van der Waals surface area contributed by atoms with Crippen LogP contribution in [0.5, 0.6) is 0 Å². The number of rotatable bonds is 5. The van der Waals surface area contributed by atoms with Gasteiger partial charge in [0.15, 0.2) is 5.82 Å². The van der Waals surface area contributed by atoms with Crippen molar-refractivity contribution in [3.05, 3.63) is 75.8 Å². The SMILES string of the molecule is CCCc1[nH]n(-c2ccccc2)c(=O)c1/C(C)=N/c1ncccc1C. The molecule has 0 fully saturated rings. The minimum absolute atomic E-state index is 0.0792. The normalized spacial score (nSPS) is 11.7. The number of aliphatic imine (C=N–C) groups is 1. The van der Waals surface area contributed by atoms with E-state index in [1.807, 2.05) is 56.3 Å². The lowest BCUT2D eigenvalue weighted by molar-refractivity contribution is 0.793. The van der Waals surface area contributed by atoms with Gasteiger partial charge in [0.25, 0.3) is 5.56 Å². The van der Waals surface area contributed by atoms with E-state index in [4.69, 9.17) is 0 Å². The van der Waals surface area contributed by atoms with E-state index in [0.717, 1.165) is 29.8 Å². The lowest BCUT2D eigenvalue weighted by Crippen LogP contribution is -2.19. The molecule has 0 aliphatic heterocycles. The van der Waals surface area contributed by atoms with E-state index in [1.54, 1.807) is 10.9 Å². The highest BCUT2D eigenvalue weighted by molar-refractivity contribution is 6.01. The second kappa shape index (κ2) is 7.30. The molecule has 0 unspecified atom stereocenters. The van der Waals surface area contributed by atoms with Crippen molar-refractivity contribution in [2.24, 2.45) is 4.99 Å². The molecule has 0 saturated carbocycles. The molecule has 0 radical (unpaired) electrons. The molecule has 0 aliphatic rings. The zero-order valence-electron chi connectivity index (χ0n) is 14.8.